The number of nitrogens with one attached hydrogen (secondary N) is 2. The maximum atomic E-state index is 14.2. The van der Waals surface area contributed by atoms with E-state index in [0.29, 0.717) is 0 Å². The monoisotopic (exact) mass is 445 g/mol. The number of carbonyl (C=O) groups excluding carboxylic acids is 1. The van der Waals surface area contributed by atoms with Crippen molar-refractivity contribution in [2.75, 3.05) is 11.9 Å². The van der Waals surface area contributed by atoms with Crippen LogP contribution in [0.5, 0.6) is 17.2 Å². The fourth-order valence-corrected chi connectivity index (χ4v) is 3.86. The summed E-state index contributed by atoms with van der Waals surface area (Å²) in [6.07, 6.45) is 1.24. The minimum atomic E-state index is -0.735. The van der Waals surface area contributed by atoms with Crippen molar-refractivity contribution in [1.29, 1.82) is 0 Å². The fourth-order valence-electron chi connectivity index (χ4n) is 3.86. The molecule has 0 bridgehead atoms. The maximum Gasteiger partial charge on any atom is 0.320 e. The van der Waals surface area contributed by atoms with Crippen LogP contribution in [0.25, 0.3) is 0 Å². The number of benzene rings is 2. The summed E-state index contributed by atoms with van der Waals surface area (Å²) in [6, 6.07) is 6.71. The lowest BCUT2D eigenvalue weighted by atomic mass is 10.0. The van der Waals surface area contributed by atoms with Gasteiger partial charge in [0.2, 0.25) is 0 Å². The third kappa shape index (κ3) is 3.68. The molecule has 0 spiro atoms. The summed E-state index contributed by atoms with van der Waals surface area (Å²) in [6.45, 7) is 0.171. The largest absolute Gasteiger partial charge is 0.490 e. The summed E-state index contributed by atoms with van der Waals surface area (Å²) in [4.78, 5) is 16.3. The van der Waals surface area contributed by atoms with Crippen LogP contribution in [0.15, 0.2) is 48.7 Å². The zero-order chi connectivity index (χ0) is 22.4. The summed E-state index contributed by atoms with van der Waals surface area (Å²) >= 11 is 0. The van der Waals surface area contributed by atoms with Crippen LogP contribution in [0.3, 0.4) is 0 Å². The molecule has 0 radical (unpaired) electrons. The van der Waals surface area contributed by atoms with E-state index < -0.39 is 35.3 Å². The van der Waals surface area contributed by atoms with Gasteiger partial charge in [-0.2, -0.15) is 0 Å². The number of halogens is 4. The molecule has 2 aliphatic rings. The summed E-state index contributed by atoms with van der Waals surface area (Å²) in [5.74, 6) is -3.23. The average molecular weight is 445 g/mol. The van der Waals surface area contributed by atoms with Crippen LogP contribution in [0, 0.1) is 29.2 Å². The van der Waals surface area contributed by atoms with Gasteiger partial charge in [0.15, 0.2) is 23.1 Å². The van der Waals surface area contributed by atoms with Gasteiger partial charge in [-0.15, -0.1) is 0 Å². The van der Waals surface area contributed by atoms with E-state index in [1.165, 1.54) is 18.3 Å². The van der Waals surface area contributed by atoms with E-state index in [1.807, 2.05) is 0 Å². The number of nitrogens with zero attached hydrogens (tertiary/aromatic N) is 1. The predicted molar refractivity (Wildman–Crippen MR) is 105 cm³/mol. The number of ether oxygens (including phenoxy) is 2. The molecular weight excluding hydrogens is 430 g/mol. The molecule has 2 heterocycles. The van der Waals surface area contributed by atoms with E-state index in [4.69, 9.17) is 9.47 Å². The van der Waals surface area contributed by atoms with Gasteiger partial charge in [-0.1, -0.05) is 0 Å². The third-order valence-corrected chi connectivity index (χ3v) is 5.41. The summed E-state index contributed by atoms with van der Waals surface area (Å²) in [7, 11) is 0. The Kier molecular flexibility index (Phi) is 4.84. The summed E-state index contributed by atoms with van der Waals surface area (Å²) < 4.78 is 65.6. The molecule has 10 heteroatoms. The average Bonchev–Trinajstić information content (AvgIpc) is 3.47. The topological polar surface area (TPSA) is 72.5 Å². The van der Waals surface area contributed by atoms with Gasteiger partial charge in [0.1, 0.15) is 23.2 Å². The van der Waals surface area contributed by atoms with Gasteiger partial charge in [0.25, 0.3) is 0 Å². The molecule has 1 aromatic heterocycles. The van der Waals surface area contributed by atoms with Crippen molar-refractivity contribution in [2.24, 2.45) is 5.92 Å². The van der Waals surface area contributed by atoms with E-state index in [-0.39, 0.29) is 47.1 Å². The Morgan fingerprint density at radius 3 is 2.59 bits per heavy atom. The lowest BCUT2D eigenvalue weighted by molar-refractivity contribution is 0.247. The number of fused-ring (bicyclic) bond motifs is 3. The first kappa shape index (κ1) is 20.1. The highest BCUT2D eigenvalue weighted by molar-refractivity contribution is 5.89. The van der Waals surface area contributed by atoms with Crippen molar-refractivity contribution in [3.8, 4) is 17.2 Å². The first-order chi connectivity index (χ1) is 15.4. The van der Waals surface area contributed by atoms with Gasteiger partial charge in [-0.05, 0) is 36.4 Å². The number of carbonyl (C=O) groups is 1. The highest BCUT2D eigenvalue weighted by atomic mass is 19.1. The Labute approximate surface area is 179 Å². The molecular formula is C22H15F4N3O3. The first-order valence-electron chi connectivity index (χ1n) is 9.68. The van der Waals surface area contributed by atoms with Crippen LogP contribution >= 0.6 is 0 Å². The lowest BCUT2D eigenvalue weighted by Gasteiger charge is -2.16. The Bertz CT molecular complexity index is 1210. The van der Waals surface area contributed by atoms with E-state index >= 15 is 0 Å². The molecule has 6 nitrogen and oxygen atoms in total. The van der Waals surface area contributed by atoms with Crippen LogP contribution in [-0.2, 0) is 0 Å². The molecule has 3 aromatic rings. The first-order valence-corrected chi connectivity index (χ1v) is 9.68. The number of anilines is 1. The van der Waals surface area contributed by atoms with Crippen molar-refractivity contribution in [3.63, 3.8) is 0 Å². The standard InChI is InChI=1S/C22H15F4N3O3/c23-10-1-3-13(24)16(7-10)32-11-2-6-17(27-8-11)28-22(30)29-20-12-9-31-21-15(26)5-4-14(25)19(21)18(12)20/h1-8,12,18,20H,9H2,(H2,27,28,29,30)/t12-,18-,20-/m1/s1. The number of hydrogen-bond acceptors (Lipinski definition) is 4. The maximum absolute atomic E-state index is 14.2. The number of rotatable bonds is 4. The zero-order valence-corrected chi connectivity index (χ0v) is 16.2. The normalized spacial score (nSPS) is 20.4. The second-order valence-electron chi connectivity index (χ2n) is 7.45. The van der Waals surface area contributed by atoms with E-state index in [2.05, 4.69) is 15.6 Å². The Morgan fingerprint density at radius 1 is 1.03 bits per heavy atom. The molecule has 1 aliphatic heterocycles. The summed E-state index contributed by atoms with van der Waals surface area (Å²) in [5, 5.41) is 5.24. The molecule has 1 saturated carbocycles. The van der Waals surface area contributed by atoms with Crippen LogP contribution in [0.2, 0.25) is 0 Å². The van der Waals surface area contributed by atoms with Crippen molar-refractivity contribution >= 4 is 11.8 Å². The van der Waals surface area contributed by atoms with Gasteiger partial charge in [-0.3, -0.25) is 5.32 Å². The van der Waals surface area contributed by atoms with E-state index in [0.717, 1.165) is 30.3 Å². The molecule has 32 heavy (non-hydrogen) atoms. The van der Waals surface area contributed by atoms with Gasteiger partial charge in [0.05, 0.1) is 12.8 Å². The quantitative estimate of drug-likeness (QED) is 0.570. The van der Waals surface area contributed by atoms with Crippen molar-refractivity contribution in [3.05, 3.63) is 77.5 Å². The molecule has 2 N–H and O–H groups in total. The molecule has 0 unspecified atom stereocenters. The van der Waals surface area contributed by atoms with E-state index in [1.54, 1.807) is 0 Å². The Balaban J connectivity index is 1.21. The second kappa shape index (κ2) is 7.70. The summed E-state index contributed by atoms with van der Waals surface area (Å²) in [5.41, 5.74) is 0.135. The molecule has 0 saturated heterocycles. The molecule has 2 amide bonds. The van der Waals surface area contributed by atoms with Crippen LogP contribution in [0.4, 0.5) is 28.2 Å². The van der Waals surface area contributed by atoms with Crippen LogP contribution in [-0.4, -0.2) is 23.7 Å². The van der Waals surface area contributed by atoms with Gasteiger partial charge in [0, 0.05) is 29.5 Å². The fraction of sp³-hybridized carbons (Fsp3) is 0.182. The van der Waals surface area contributed by atoms with Crippen molar-refractivity contribution in [2.45, 2.75) is 12.0 Å². The highest BCUT2D eigenvalue weighted by Crippen LogP contribution is 2.55. The van der Waals surface area contributed by atoms with Crippen LogP contribution in [0.1, 0.15) is 11.5 Å². The minimum absolute atomic E-state index is 0.108. The Morgan fingerprint density at radius 2 is 1.81 bits per heavy atom. The van der Waals surface area contributed by atoms with E-state index in [9.17, 15) is 22.4 Å². The highest BCUT2D eigenvalue weighted by Gasteiger charge is 2.57. The van der Waals surface area contributed by atoms with Crippen LogP contribution < -0.4 is 20.1 Å². The smallest absolute Gasteiger partial charge is 0.320 e. The molecule has 2 aromatic carbocycles. The zero-order valence-electron chi connectivity index (χ0n) is 16.2. The van der Waals surface area contributed by atoms with Crippen molar-refractivity contribution in [1.82, 2.24) is 10.3 Å². The Hall–Kier alpha value is -3.82. The molecule has 164 valence electrons. The van der Waals surface area contributed by atoms with Crippen molar-refractivity contribution < 1.29 is 31.8 Å². The number of pyridine rings is 1. The number of urea groups is 1. The third-order valence-electron chi connectivity index (χ3n) is 5.41. The molecule has 1 fully saturated rings. The minimum Gasteiger partial charge on any atom is -0.490 e. The molecule has 5 rings (SSSR count). The number of hydrogen-bond donors (Lipinski definition) is 2. The van der Waals surface area contributed by atoms with Gasteiger partial charge in [-0.25, -0.2) is 27.3 Å². The molecule has 1 aliphatic carbocycles. The SMILES string of the molecule is O=C(Nc1ccc(Oc2cc(F)ccc2F)cn1)N[C@@H]1[C@@H]2COc3c(F)ccc(F)c3[C@@H]21. The number of aromatic nitrogens is 1. The lowest BCUT2D eigenvalue weighted by Crippen LogP contribution is -2.32. The molecule has 3 atom stereocenters. The van der Waals surface area contributed by atoms with Gasteiger partial charge >= 0.3 is 6.03 Å². The predicted octanol–water partition coefficient (Wildman–Crippen LogP) is 4.73. The second-order valence-corrected chi connectivity index (χ2v) is 7.45. The number of amides is 2. The van der Waals surface area contributed by atoms with Gasteiger partial charge < -0.3 is 14.8 Å².